The SMILES string of the molecule is COc1ccc(N=C(N)N)cc1.COc1ccc(N=C(N)N)cc1.O=C(O)O. The minimum Gasteiger partial charge on any atom is -0.497 e. The Labute approximate surface area is 161 Å². The Morgan fingerprint density at radius 3 is 1.14 bits per heavy atom. The van der Waals surface area contributed by atoms with Gasteiger partial charge < -0.3 is 42.6 Å². The van der Waals surface area contributed by atoms with Gasteiger partial charge in [0.1, 0.15) is 11.5 Å². The summed E-state index contributed by atoms with van der Waals surface area (Å²) >= 11 is 0. The molecular weight excluding hydrogens is 368 g/mol. The molecule has 0 aliphatic heterocycles. The van der Waals surface area contributed by atoms with Crippen LogP contribution in [0.5, 0.6) is 11.5 Å². The number of carbonyl (C=O) groups is 1. The van der Waals surface area contributed by atoms with E-state index in [1.54, 1.807) is 62.8 Å². The number of rotatable bonds is 4. The molecule has 0 saturated carbocycles. The lowest BCUT2D eigenvalue weighted by atomic mass is 10.3. The zero-order valence-corrected chi connectivity index (χ0v) is 15.4. The molecule has 10 N–H and O–H groups in total. The minimum absolute atomic E-state index is 0.0557. The van der Waals surface area contributed by atoms with Gasteiger partial charge in [0.15, 0.2) is 11.9 Å². The fourth-order valence-corrected chi connectivity index (χ4v) is 1.61. The Hall–Kier alpha value is -4.15. The van der Waals surface area contributed by atoms with Crippen molar-refractivity contribution in [2.45, 2.75) is 0 Å². The van der Waals surface area contributed by atoms with Crippen LogP contribution < -0.4 is 32.4 Å². The largest absolute Gasteiger partial charge is 0.503 e. The molecule has 0 aromatic heterocycles. The van der Waals surface area contributed by atoms with Crippen LogP contribution in [0.25, 0.3) is 0 Å². The normalized spacial score (nSPS) is 8.64. The number of benzene rings is 2. The predicted octanol–water partition coefficient (Wildman–Crippen LogP) is 1.42. The third-order valence-electron chi connectivity index (χ3n) is 2.66. The minimum atomic E-state index is -1.83. The first kappa shape index (κ1) is 23.9. The van der Waals surface area contributed by atoms with Crippen LogP contribution in [-0.2, 0) is 0 Å². The lowest BCUT2D eigenvalue weighted by Gasteiger charge is -1.98. The molecule has 0 heterocycles. The summed E-state index contributed by atoms with van der Waals surface area (Å²) in [6, 6.07) is 14.3. The van der Waals surface area contributed by atoms with Gasteiger partial charge in [-0.3, -0.25) is 0 Å². The maximum atomic E-state index is 8.56. The van der Waals surface area contributed by atoms with Crippen molar-refractivity contribution >= 4 is 29.4 Å². The summed E-state index contributed by atoms with van der Waals surface area (Å²) in [5, 5.41) is 13.9. The van der Waals surface area contributed by atoms with Crippen molar-refractivity contribution < 1.29 is 24.5 Å². The molecule has 28 heavy (non-hydrogen) atoms. The smallest absolute Gasteiger partial charge is 0.497 e. The molecule has 11 nitrogen and oxygen atoms in total. The number of aliphatic imine (C=N–C) groups is 2. The summed E-state index contributed by atoms with van der Waals surface area (Å²) in [5.41, 5.74) is 22.2. The molecule has 0 radical (unpaired) electrons. The second kappa shape index (κ2) is 13.1. The van der Waals surface area contributed by atoms with Gasteiger partial charge in [-0.05, 0) is 48.5 Å². The maximum Gasteiger partial charge on any atom is 0.503 e. The fourth-order valence-electron chi connectivity index (χ4n) is 1.61. The van der Waals surface area contributed by atoms with E-state index in [9.17, 15) is 0 Å². The number of carboxylic acid groups (broad SMARTS) is 2. The van der Waals surface area contributed by atoms with E-state index in [0.29, 0.717) is 0 Å². The molecule has 2 aromatic carbocycles. The second-order valence-electron chi connectivity index (χ2n) is 4.75. The first-order valence-electron chi connectivity index (χ1n) is 7.57. The summed E-state index contributed by atoms with van der Waals surface area (Å²) < 4.78 is 9.93. The molecule has 11 heteroatoms. The zero-order chi connectivity index (χ0) is 21.5. The number of hydrogen-bond donors (Lipinski definition) is 6. The molecule has 0 spiro atoms. The molecule has 2 aromatic rings. The van der Waals surface area contributed by atoms with E-state index in [2.05, 4.69) is 9.98 Å². The average molecular weight is 392 g/mol. The molecule has 152 valence electrons. The van der Waals surface area contributed by atoms with Crippen LogP contribution in [0.1, 0.15) is 0 Å². The summed E-state index contributed by atoms with van der Waals surface area (Å²) in [5.74, 6) is 1.68. The van der Waals surface area contributed by atoms with Gasteiger partial charge >= 0.3 is 6.16 Å². The Bertz CT molecular complexity index is 702. The highest BCUT2D eigenvalue weighted by Crippen LogP contribution is 2.17. The Morgan fingerprint density at radius 1 is 0.714 bits per heavy atom. The standard InChI is InChI=1S/2C8H11N3O.CH2O3/c2*1-12-7-4-2-6(3-5-7)11-8(9)10;2-1(3)4/h2*2-5H,1H3,(H4,9,10,11);(H2,2,3,4). The van der Waals surface area contributed by atoms with E-state index in [1.165, 1.54) is 0 Å². The summed E-state index contributed by atoms with van der Waals surface area (Å²) in [7, 11) is 3.21. The predicted molar refractivity (Wildman–Crippen MR) is 108 cm³/mol. The van der Waals surface area contributed by atoms with E-state index in [4.69, 9.17) is 47.4 Å². The Balaban J connectivity index is 0.000000439. The zero-order valence-electron chi connectivity index (χ0n) is 15.4. The fraction of sp³-hybridized carbons (Fsp3) is 0.118. The molecule has 0 bridgehead atoms. The van der Waals surface area contributed by atoms with Crippen LogP contribution in [0.2, 0.25) is 0 Å². The van der Waals surface area contributed by atoms with Crippen molar-refractivity contribution in [2.75, 3.05) is 14.2 Å². The van der Waals surface area contributed by atoms with Gasteiger partial charge in [-0.1, -0.05) is 0 Å². The van der Waals surface area contributed by atoms with Gasteiger partial charge in [0.05, 0.1) is 25.6 Å². The molecule has 0 fully saturated rings. The number of ether oxygens (including phenoxy) is 2. The molecule has 0 unspecified atom stereocenters. The lowest BCUT2D eigenvalue weighted by molar-refractivity contribution is 0.137. The lowest BCUT2D eigenvalue weighted by Crippen LogP contribution is -2.21. The van der Waals surface area contributed by atoms with Crippen LogP contribution in [0.15, 0.2) is 58.5 Å². The Morgan fingerprint density at radius 2 is 0.964 bits per heavy atom. The van der Waals surface area contributed by atoms with Crippen LogP contribution in [0, 0.1) is 0 Å². The summed E-state index contributed by atoms with van der Waals surface area (Å²) in [6.45, 7) is 0. The quantitative estimate of drug-likeness (QED) is 0.328. The number of nitrogens with zero attached hydrogens (tertiary/aromatic N) is 2. The highest BCUT2D eigenvalue weighted by molar-refractivity contribution is 5.79. The summed E-state index contributed by atoms with van der Waals surface area (Å²) in [4.78, 5) is 16.3. The van der Waals surface area contributed by atoms with Gasteiger partial charge in [0.2, 0.25) is 0 Å². The first-order chi connectivity index (χ1) is 13.2. The van der Waals surface area contributed by atoms with E-state index in [1.807, 2.05) is 0 Å². The molecule has 0 saturated heterocycles. The molecule has 2 rings (SSSR count). The third-order valence-corrected chi connectivity index (χ3v) is 2.66. The highest BCUT2D eigenvalue weighted by Gasteiger charge is 1.92. The monoisotopic (exact) mass is 392 g/mol. The van der Waals surface area contributed by atoms with Crippen LogP contribution in [0.3, 0.4) is 0 Å². The molecule has 0 atom stereocenters. The molecular formula is C17H24N6O5. The highest BCUT2D eigenvalue weighted by atomic mass is 16.6. The van der Waals surface area contributed by atoms with Crippen molar-refractivity contribution in [1.82, 2.24) is 0 Å². The van der Waals surface area contributed by atoms with E-state index in [-0.39, 0.29) is 11.9 Å². The van der Waals surface area contributed by atoms with Gasteiger partial charge in [-0.15, -0.1) is 0 Å². The van der Waals surface area contributed by atoms with Crippen LogP contribution in [0.4, 0.5) is 16.2 Å². The second-order valence-corrected chi connectivity index (χ2v) is 4.75. The Kier molecular flexibility index (Phi) is 11.2. The van der Waals surface area contributed by atoms with E-state index < -0.39 is 6.16 Å². The maximum absolute atomic E-state index is 8.56. The summed E-state index contributed by atoms with van der Waals surface area (Å²) in [6.07, 6.45) is -1.83. The average Bonchev–Trinajstić information content (AvgIpc) is 2.62. The number of nitrogens with two attached hydrogens (primary N) is 4. The number of methoxy groups -OCH3 is 2. The van der Waals surface area contributed by atoms with Gasteiger partial charge in [-0.25, -0.2) is 14.8 Å². The van der Waals surface area contributed by atoms with Crippen molar-refractivity contribution in [3.63, 3.8) is 0 Å². The first-order valence-corrected chi connectivity index (χ1v) is 7.57. The van der Waals surface area contributed by atoms with E-state index >= 15 is 0 Å². The van der Waals surface area contributed by atoms with Crippen molar-refractivity contribution in [3.8, 4) is 11.5 Å². The van der Waals surface area contributed by atoms with E-state index in [0.717, 1.165) is 22.9 Å². The molecule has 0 aliphatic carbocycles. The number of guanidine groups is 2. The van der Waals surface area contributed by atoms with Gasteiger partial charge in [0, 0.05) is 0 Å². The number of hydrogen-bond acceptors (Lipinski definition) is 5. The van der Waals surface area contributed by atoms with Gasteiger partial charge in [-0.2, -0.15) is 0 Å². The molecule has 0 amide bonds. The van der Waals surface area contributed by atoms with Crippen LogP contribution >= 0.6 is 0 Å². The molecule has 0 aliphatic rings. The third kappa shape index (κ3) is 12.2. The van der Waals surface area contributed by atoms with Crippen LogP contribution in [-0.4, -0.2) is 42.5 Å². The topological polar surface area (TPSA) is 205 Å². The van der Waals surface area contributed by atoms with Crippen molar-refractivity contribution in [1.29, 1.82) is 0 Å². The van der Waals surface area contributed by atoms with Crippen molar-refractivity contribution in [2.24, 2.45) is 32.9 Å². The van der Waals surface area contributed by atoms with Gasteiger partial charge in [0.25, 0.3) is 0 Å². The van der Waals surface area contributed by atoms with Crippen molar-refractivity contribution in [3.05, 3.63) is 48.5 Å².